The number of rotatable bonds is 6. The van der Waals surface area contributed by atoms with Crippen molar-refractivity contribution in [2.45, 2.75) is 24.9 Å². The third-order valence-electron chi connectivity index (χ3n) is 3.88. The molecule has 1 saturated carbocycles. The molecule has 0 saturated heterocycles. The van der Waals surface area contributed by atoms with E-state index < -0.39 is 0 Å². The average Bonchev–Trinajstić information content (AvgIpc) is 3.17. The van der Waals surface area contributed by atoms with Crippen LogP contribution in [0.15, 0.2) is 35.7 Å². The van der Waals surface area contributed by atoms with Gasteiger partial charge >= 0.3 is 0 Å². The van der Waals surface area contributed by atoms with E-state index in [0.717, 1.165) is 17.8 Å². The molecule has 110 valence electrons. The van der Waals surface area contributed by atoms with Gasteiger partial charge in [-0.15, -0.1) is 11.3 Å². The summed E-state index contributed by atoms with van der Waals surface area (Å²) in [7, 11) is 1.62. The van der Waals surface area contributed by atoms with Crippen LogP contribution in [0.2, 0.25) is 0 Å². The number of carbonyl (C=O) groups excluding carboxylic acids is 1. The maximum Gasteiger partial charge on any atom is 0.270 e. The van der Waals surface area contributed by atoms with Crippen LogP contribution in [-0.2, 0) is 16.8 Å². The Bertz CT molecular complexity index is 620. The molecule has 5 heteroatoms. The van der Waals surface area contributed by atoms with E-state index in [-0.39, 0.29) is 11.3 Å². The second kappa shape index (κ2) is 5.95. The van der Waals surface area contributed by atoms with E-state index in [1.165, 1.54) is 16.9 Å². The van der Waals surface area contributed by atoms with Crippen molar-refractivity contribution < 1.29 is 9.53 Å². The summed E-state index contributed by atoms with van der Waals surface area (Å²) in [6.07, 6.45) is 2.26. The lowest BCUT2D eigenvalue weighted by atomic mass is 9.96. The van der Waals surface area contributed by atoms with Crippen molar-refractivity contribution >= 4 is 17.2 Å². The number of nitrogens with one attached hydrogen (secondary N) is 1. The number of ether oxygens (including phenoxy) is 1. The molecule has 3 rings (SSSR count). The number of benzene rings is 1. The number of hydrogen-bond donors (Lipinski definition) is 1. The number of amides is 1. The van der Waals surface area contributed by atoms with Crippen molar-refractivity contribution in [2.24, 2.45) is 0 Å². The number of nitrogens with zero attached hydrogens (tertiary/aromatic N) is 1. The Kier molecular flexibility index (Phi) is 4.03. The first-order chi connectivity index (χ1) is 10.2. The molecule has 1 amide bonds. The topological polar surface area (TPSA) is 51.2 Å². The van der Waals surface area contributed by atoms with Crippen LogP contribution in [0.1, 0.15) is 33.9 Å². The summed E-state index contributed by atoms with van der Waals surface area (Å²) >= 11 is 1.45. The molecule has 0 spiro atoms. The third kappa shape index (κ3) is 3.14. The van der Waals surface area contributed by atoms with Crippen molar-refractivity contribution in [1.82, 2.24) is 10.3 Å². The van der Waals surface area contributed by atoms with Crippen LogP contribution in [0, 0.1) is 0 Å². The molecule has 1 aliphatic carbocycles. The van der Waals surface area contributed by atoms with Gasteiger partial charge in [-0.05, 0) is 18.4 Å². The van der Waals surface area contributed by atoms with Gasteiger partial charge in [0.25, 0.3) is 5.91 Å². The van der Waals surface area contributed by atoms with E-state index in [4.69, 9.17) is 4.74 Å². The summed E-state index contributed by atoms with van der Waals surface area (Å²) < 4.78 is 5.02. The lowest BCUT2D eigenvalue weighted by Crippen LogP contribution is -2.32. The van der Waals surface area contributed by atoms with E-state index in [0.29, 0.717) is 18.8 Å². The lowest BCUT2D eigenvalue weighted by molar-refractivity contribution is 0.0944. The fourth-order valence-electron chi connectivity index (χ4n) is 2.46. The predicted octanol–water partition coefficient (Wildman–Crippen LogP) is 2.75. The molecule has 1 fully saturated rings. The molecule has 0 unspecified atom stereocenters. The fourth-order valence-corrected chi connectivity index (χ4v) is 3.20. The molecule has 2 aromatic rings. The SMILES string of the molecule is COCc1nc(C(=O)NCC2(c3ccccc3)CC2)cs1. The Balaban J connectivity index is 1.61. The number of hydrogen-bond acceptors (Lipinski definition) is 4. The Labute approximate surface area is 128 Å². The molecule has 0 atom stereocenters. The van der Waals surface area contributed by atoms with Crippen LogP contribution < -0.4 is 5.32 Å². The van der Waals surface area contributed by atoms with Crippen molar-refractivity contribution in [3.05, 3.63) is 52.0 Å². The molecule has 1 aromatic carbocycles. The number of methoxy groups -OCH3 is 1. The summed E-state index contributed by atoms with van der Waals surface area (Å²) in [6, 6.07) is 10.4. The van der Waals surface area contributed by atoms with Gasteiger partial charge in [-0.2, -0.15) is 0 Å². The molecule has 0 bridgehead atoms. The van der Waals surface area contributed by atoms with Gasteiger partial charge in [0.2, 0.25) is 0 Å². The first-order valence-electron chi connectivity index (χ1n) is 7.01. The first kappa shape index (κ1) is 14.2. The first-order valence-corrected chi connectivity index (χ1v) is 7.88. The van der Waals surface area contributed by atoms with Crippen LogP contribution in [-0.4, -0.2) is 24.5 Å². The largest absolute Gasteiger partial charge is 0.378 e. The highest BCUT2D eigenvalue weighted by Gasteiger charge is 2.44. The second-order valence-corrected chi connectivity index (χ2v) is 6.33. The van der Waals surface area contributed by atoms with Crippen LogP contribution >= 0.6 is 11.3 Å². The lowest BCUT2D eigenvalue weighted by Gasteiger charge is -2.16. The Hall–Kier alpha value is -1.72. The minimum Gasteiger partial charge on any atom is -0.378 e. The molecule has 21 heavy (non-hydrogen) atoms. The normalized spacial score (nSPS) is 15.7. The summed E-state index contributed by atoms with van der Waals surface area (Å²) in [5.41, 5.74) is 1.92. The summed E-state index contributed by atoms with van der Waals surface area (Å²) in [4.78, 5) is 16.4. The third-order valence-corrected chi connectivity index (χ3v) is 4.70. The average molecular weight is 302 g/mol. The summed E-state index contributed by atoms with van der Waals surface area (Å²) in [5.74, 6) is -0.101. The minimum atomic E-state index is -0.101. The van der Waals surface area contributed by atoms with Gasteiger partial charge in [-0.3, -0.25) is 4.79 Å². The number of carbonyl (C=O) groups is 1. The van der Waals surface area contributed by atoms with Crippen LogP contribution in [0.5, 0.6) is 0 Å². The predicted molar refractivity (Wildman–Crippen MR) is 82.5 cm³/mol. The van der Waals surface area contributed by atoms with Crippen LogP contribution in [0.3, 0.4) is 0 Å². The quantitative estimate of drug-likeness (QED) is 0.892. The van der Waals surface area contributed by atoms with Gasteiger partial charge in [0.05, 0.1) is 6.61 Å². The van der Waals surface area contributed by atoms with Gasteiger partial charge in [-0.1, -0.05) is 30.3 Å². The van der Waals surface area contributed by atoms with E-state index in [2.05, 4.69) is 34.6 Å². The summed E-state index contributed by atoms with van der Waals surface area (Å²) in [5, 5.41) is 5.63. The second-order valence-electron chi connectivity index (χ2n) is 5.39. The molecule has 1 aliphatic rings. The van der Waals surface area contributed by atoms with Gasteiger partial charge in [0, 0.05) is 24.4 Å². The van der Waals surface area contributed by atoms with Gasteiger partial charge < -0.3 is 10.1 Å². The molecular weight excluding hydrogens is 284 g/mol. The molecule has 4 nitrogen and oxygen atoms in total. The van der Waals surface area contributed by atoms with Crippen LogP contribution in [0.25, 0.3) is 0 Å². The Morgan fingerprint density at radius 3 is 2.81 bits per heavy atom. The highest BCUT2D eigenvalue weighted by Crippen LogP contribution is 2.47. The van der Waals surface area contributed by atoms with E-state index in [1.54, 1.807) is 12.5 Å². The zero-order valence-corrected chi connectivity index (χ0v) is 12.8. The van der Waals surface area contributed by atoms with Crippen molar-refractivity contribution in [1.29, 1.82) is 0 Å². The van der Waals surface area contributed by atoms with E-state index in [9.17, 15) is 4.79 Å². The smallest absolute Gasteiger partial charge is 0.270 e. The van der Waals surface area contributed by atoms with Crippen molar-refractivity contribution in [3.8, 4) is 0 Å². The van der Waals surface area contributed by atoms with Gasteiger partial charge in [0.1, 0.15) is 10.7 Å². The van der Waals surface area contributed by atoms with E-state index >= 15 is 0 Å². The Morgan fingerprint density at radius 2 is 2.14 bits per heavy atom. The van der Waals surface area contributed by atoms with Crippen molar-refractivity contribution in [2.75, 3.05) is 13.7 Å². The van der Waals surface area contributed by atoms with Gasteiger partial charge in [-0.25, -0.2) is 4.98 Å². The number of thiazole rings is 1. The van der Waals surface area contributed by atoms with Crippen molar-refractivity contribution in [3.63, 3.8) is 0 Å². The molecular formula is C16H18N2O2S. The zero-order valence-electron chi connectivity index (χ0n) is 12.0. The van der Waals surface area contributed by atoms with Crippen LogP contribution in [0.4, 0.5) is 0 Å². The number of aromatic nitrogens is 1. The monoisotopic (exact) mass is 302 g/mol. The highest BCUT2D eigenvalue weighted by molar-refractivity contribution is 7.09. The highest BCUT2D eigenvalue weighted by atomic mass is 32.1. The van der Waals surface area contributed by atoms with E-state index in [1.807, 2.05) is 6.07 Å². The molecule has 1 aromatic heterocycles. The Morgan fingerprint density at radius 1 is 1.38 bits per heavy atom. The molecule has 0 radical (unpaired) electrons. The maximum atomic E-state index is 12.2. The van der Waals surface area contributed by atoms with Gasteiger partial charge in [0.15, 0.2) is 0 Å². The summed E-state index contributed by atoms with van der Waals surface area (Å²) in [6.45, 7) is 1.12. The molecule has 0 aliphatic heterocycles. The molecule has 1 heterocycles. The minimum absolute atomic E-state index is 0.101. The zero-order chi connectivity index (χ0) is 14.7. The maximum absolute atomic E-state index is 12.2. The standard InChI is InChI=1S/C16H18N2O2S/c1-20-9-14-18-13(10-21-14)15(19)17-11-16(7-8-16)12-5-3-2-4-6-12/h2-6,10H,7-9,11H2,1H3,(H,17,19). The molecule has 1 N–H and O–H groups in total. The fraction of sp³-hybridized carbons (Fsp3) is 0.375.